The van der Waals surface area contributed by atoms with Crippen molar-refractivity contribution in [2.24, 2.45) is 23.7 Å². The molecule has 1 aromatic heterocycles. The maximum Gasteiger partial charge on any atom is 0.307 e. The minimum absolute atomic E-state index is 0.0125. The first-order chi connectivity index (χ1) is 33.4. The second-order valence-corrected chi connectivity index (χ2v) is 21.1. The average molecular weight is 1010 g/mol. The summed E-state index contributed by atoms with van der Waals surface area (Å²) in [6.07, 6.45) is 4.75. The van der Waals surface area contributed by atoms with E-state index in [-0.39, 0.29) is 66.9 Å². The number of amides is 1. The predicted molar refractivity (Wildman–Crippen MR) is 267 cm³/mol. The van der Waals surface area contributed by atoms with Gasteiger partial charge in [0.2, 0.25) is 20.9 Å². The molecule has 1 saturated heterocycles. The Morgan fingerprint density at radius 2 is 1.68 bits per heavy atom. The molecule has 0 radical (unpaired) electrons. The van der Waals surface area contributed by atoms with Gasteiger partial charge >= 0.3 is 11.8 Å². The highest BCUT2D eigenvalue weighted by molar-refractivity contribution is 7.89. The Morgan fingerprint density at radius 1 is 0.986 bits per heavy atom. The first-order valence-corrected chi connectivity index (χ1v) is 25.5. The van der Waals surface area contributed by atoms with E-state index in [0.717, 1.165) is 0 Å². The van der Waals surface area contributed by atoms with Crippen LogP contribution in [0.25, 0.3) is 38.7 Å². The van der Waals surface area contributed by atoms with Crippen molar-refractivity contribution in [2.75, 3.05) is 36.2 Å². The van der Waals surface area contributed by atoms with Crippen LogP contribution in [0, 0.1) is 30.6 Å². The number of aromatic hydroxyl groups is 1. The largest absolute Gasteiger partial charge is 0.507 e. The lowest BCUT2D eigenvalue weighted by molar-refractivity contribution is -0.160. The lowest BCUT2D eigenvalue weighted by Crippen LogP contribution is -2.46. The van der Waals surface area contributed by atoms with Gasteiger partial charge in [0, 0.05) is 98.1 Å². The van der Waals surface area contributed by atoms with Crippen LogP contribution < -0.4 is 35.8 Å². The van der Waals surface area contributed by atoms with Gasteiger partial charge in [-0.05, 0) is 39.2 Å². The summed E-state index contributed by atoms with van der Waals surface area (Å²) < 4.78 is 58.2. The van der Waals surface area contributed by atoms with Crippen molar-refractivity contribution in [1.29, 1.82) is 0 Å². The molecule has 9 atom stereocenters. The Bertz CT molecular complexity index is 3140. The number of hydrogen-bond donors (Lipinski definition) is 6. The molecule has 0 spiro atoms. The van der Waals surface area contributed by atoms with Crippen LogP contribution >= 0.6 is 0 Å². The zero-order valence-corrected chi connectivity index (χ0v) is 42.4. The number of rotatable bonds is 7. The molecule has 3 aliphatic rings. The Balaban J connectivity index is 1.43. The summed E-state index contributed by atoms with van der Waals surface area (Å²) in [5.74, 6) is -7.21. The van der Waals surface area contributed by atoms with E-state index in [1.807, 2.05) is 4.90 Å². The van der Waals surface area contributed by atoms with E-state index in [2.05, 4.69) is 10.0 Å². The lowest BCUT2D eigenvalue weighted by Gasteiger charge is -2.38. The highest BCUT2D eigenvalue weighted by atomic mass is 32.2. The number of ether oxygens (including phenoxy) is 4. The summed E-state index contributed by atoms with van der Waals surface area (Å²) >= 11 is 0. The van der Waals surface area contributed by atoms with Crippen LogP contribution in [0.1, 0.15) is 80.2 Å². The van der Waals surface area contributed by atoms with Crippen LogP contribution in [0.5, 0.6) is 11.5 Å². The number of esters is 1. The molecule has 4 aromatic rings. The molecular formula is C51H64N4O15S. The number of sulfonamides is 1. The van der Waals surface area contributed by atoms with Crippen molar-refractivity contribution in [1.82, 2.24) is 9.71 Å². The van der Waals surface area contributed by atoms with E-state index in [0.29, 0.717) is 38.0 Å². The summed E-state index contributed by atoms with van der Waals surface area (Å²) in [6, 6.07) is 2.65. The molecule has 19 nitrogen and oxygen atoms in total. The van der Waals surface area contributed by atoms with E-state index >= 15 is 0 Å². The van der Waals surface area contributed by atoms with Crippen molar-refractivity contribution in [3.8, 4) is 11.5 Å². The van der Waals surface area contributed by atoms with Gasteiger partial charge in [-0.2, -0.15) is 0 Å². The normalized spacial score (nSPS) is 28.9. The number of phenolic OH excluding ortho intramolecular Hbond substituents is 1. The van der Waals surface area contributed by atoms with E-state index in [1.54, 1.807) is 52.8 Å². The molecular weight excluding hydrogens is 941 g/mol. The standard InChI is InChI=1S/C51H64N4O15S/c1-11-21-71(64,65)54-31-15-18-55(19-16-31)32-22-33(57)39-35(23-32)69-48-40(52-39)36-37-44(60)29(7)47-38(36)49(62)51(9,70-47)67-20-17-34(66-10)26(4)46(68-30(8)56)28(6)43(59)27(5)42(58)24(2)13-12-14-25(3)50(63)53-41(48)45(37)61/h12-14,17,20,22-24,26-28,31,34,42-43,46,54,58-60,62H,11,15-16,18-19,21H2,1-10H3,(H,53,63)/b13-12+,20-17+,25-14-/t24-,26+,27+,28+,34-,42-,43+,46+,51-/m0/s1. The molecule has 20 heteroatoms. The van der Waals surface area contributed by atoms with Gasteiger partial charge in [-0.1, -0.05) is 52.8 Å². The predicted octanol–water partition coefficient (Wildman–Crippen LogP) is 4.86. The molecule has 6 N–H and O–H groups in total. The second kappa shape index (κ2) is 20.6. The number of aliphatic hydroxyl groups excluding tert-OH is 3. The van der Waals surface area contributed by atoms with Crippen molar-refractivity contribution in [2.45, 2.75) is 118 Å². The minimum Gasteiger partial charge on any atom is -0.507 e. The zero-order valence-electron chi connectivity index (χ0n) is 41.6. The quantitative estimate of drug-likeness (QED) is 0.0820. The van der Waals surface area contributed by atoms with Gasteiger partial charge in [-0.3, -0.25) is 19.2 Å². The Labute approximate surface area is 410 Å². The fourth-order valence-corrected chi connectivity index (χ4v) is 11.3. The molecule has 5 bridgehead atoms. The number of nitrogens with one attached hydrogen (secondary N) is 2. The van der Waals surface area contributed by atoms with Crippen LogP contribution in [0.2, 0.25) is 0 Å². The molecule has 3 aromatic carbocycles. The van der Waals surface area contributed by atoms with E-state index in [9.17, 15) is 48.0 Å². The summed E-state index contributed by atoms with van der Waals surface area (Å²) in [4.78, 5) is 62.2. The Morgan fingerprint density at radius 3 is 2.32 bits per heavy atom. The van der Waals surface area contributed by atoms with Crippen LogP contribution in [0.15, 0.2) is 62.3 Å². The second-order valence-electron chi connectivity index (χ2n) is 19.2. The first kappa shape index (κ1) is 52.8. The van der Waals surface area contributed by atoms with Crippen molar-refractivity contribution in [3.63, 3.8) is 0 Å². The molecule has 0 unspecified atom stereocenters. The summed E-state index contributed by atoms with van der Waals surface area (Å²) in [6.45, 7) is 15.0. The van der Waals surface area contributed by atoms with Gasteiger partial charge in [0.25, 0.3) is 5.91 Å². The van der Waals surface area contributed by atoms with Gasteiger partial charge < -0.3 is 54.0 Å². The molecule has 4 heterocycles. The number of phenols is 1. The number of fused-ring (bicyclic) bond motifs is 5. The lowest BCUT2D eigenvalue weighted by atomic mass is 9.78. The Hall–Kier alpha value is -6.06. The molecule has 0 aliphatic carbocycles. The summed E-state index contributed by atoms with van der Waals surface area (Å²) in [7, 11) is -2.02. The number of methoxy groups -OCH3 is 1. The SMILES string of the molecule is CCCS(=O)(=O)NC1CCN(c2cc(=O)c3nc4c(oc3c2)c2c(=O)c3c(O)c(C)c5c(c34)=C(O)[C@@](C)(O/C=C/[C@H](OC)[C@@H](C)[C@@H](OC(C)=O)[C@H](C)[C@H](O)[C@H](C)[C@@H](O)[C@@H](C)/C=C/C=C(/C)C(=O)N2)O5)CC1. The number of nitrogens with zero attached hydrogens (tertiary/aromatic N) is 2. The van der Waals surface area contributed by atoms with Crippen LogP contribution in [-0.4, -0.2) is 108 Å². The fourth-order valence-electron chi connectivity index (χ4n) is 9.90. The maximum atomic E-state index is 14.9. The number of benzene rings is 3. The van der Waals surface area contributed by atoms with Crippen LogP contribution in [0.3, 0.4) is 0 Å². The number of aromatic nitrogens is 1. The van der Waals surface area contributed by atoms with E-state index < -0.39 is 104 Å². The number of anilines is 2. The molecule has 1 fully saturated rings. The van der Waals surface area contributed by atoms with Gasteiger partial charge in [-0.15, -0.1) is 0 Å². The third-order valence-electron chi connectivity index (χ3n) is 14.1. The fraction of sp³-hybridized carbons (Fsp3) is 0.510. The van der Waals surface area contributed by atoms with Crippen LogP contribution in [-0.2, 0) is 33.8 Å². The molecule has 71 heavy (non-hydrogen) atoms. The smallest absolute Gasteiger partial charge is 0.307 e. The number of hydrogen-bond acceptors (Lipinski definition) is 17. The van der Waals surface area contributed by atoms with Gasteiger partial charge in [0.05, 0.1) is 40.9 Å². The third-order valence-corrected chi connectivity index (χ3v) is 15.7. The average Bonchev–Trinajstić information content (AvgIpc) is 3.59. The topological polar surface area (TPSA) is 274 Å². The Kier molecular flexibility index (Phi) is 15.3. The monoisotopic (exact) mass is 1000 g/mol. The highest BCUT2D eigenvalue weighted by Gasteiger charge is 2.44. The van der Waals surface area contributed by atoms with Gasteiger partial charge in [0.1, 0.15) is 28.8 Å². The number of allylic oxidation sites excluding steroid dienone is 2. The van der Waals surface area contributed by atoms with Gasteiger partial charge in [0.15, 0.2) is 22.4 Å². The molecule has 3 aliphatic heterocycles. The molecule has 0 saturated carbocycles. The summed E-state index contributed by atoms with van der Waals surface area (Å²) in [5.41, 5.74) is -2.07. The first-order valence-electron chi connectivity index (χ1n) is 23.8. The highest BCUT2D eigenvalue weighted by Crippen LogP contribution is 2.42. The summed E-state index contributed by atoms with van der Waals surface area (Å²) in [5, 5.41) is 49.2. The van der Waals surface area contributed by atoms with E-state index in [4.69, 9.17) is 28.3 Å². The minimum atomic E-state index is -3.45. The van der Waals surface area contributed by atoms with Crippen LogP contribution in [0.4, 0.5) is 11.4 Å². The number of aliphatic hydroxyl groups is 3. The molecule has 1 amide bonds. The van der Waals surface area contributed by atoms with Crippen molar-refractivity contribution in [3.05, 3.63) is 79.5 Å². The van der Waals surface area contributed by atoms with Crippen molar-refractivity contribution < 1.29 is 61.8 Å². The van der Waals surface area contributed by atoms with E-state index in [1.165, 1.54) is 59.3 Å². The number of piperidine rings is 1. The van der Waals surface area contributed by atoms with Crippen molar-refractivity contribution >= 4 is 72.0 Å². The maximum absolute atomic E-state index is 14.9. The zero-order chi connectivity index (χ0) is 52.0. The third kappa shape index (κ3) is 10.2. The van der Waals surface area contributed by atoms with Gasteiger partial charge in [-0.25, -0.2) is 18.1 Å². The number of carbonyl (C=O) groups excluding carboxylic acids is 2. The molecule has 7 rings (SSSR count). The molecule has 384 valence electrons. The number of carbonyl (C=O) groups is 2.